The van der Waals surface area contributed by atoms with Crippen molar-refractivity contribution in [2.75, 3.05) is 10.6 Å². The van der Waals surface area contributed by atoms with Crippen molar-refractivity contribution in [1.29, 1.82) is 0 Å². The number of nitrogens with zero attached hydrogens (tertiary/aromatic N) is 4. The number of anilines is 2. The van der Waals surface area contributed by atoms with Gasteiger partial charge < -0.3 is 15.7 Å². The van der Waals surface area contributed by atoms with Gasteiger partial charge in [0.2, 0.25) is 11.9 Å². The number of aromatic nitrogens is 4. The second-order valence-corrected chi connectivity index (χ2v) is 8.09. The van der Waals surface area contributed by atoms with Crippen molar-refractivity contribution in [3.05, 3.63) is 23.9 Å². The quantitative estimate of drug-likeness (QED) is 0.650. The molecule has 0 saturated heterocycles. The van der Waals surface area contributed by atoms with E-state index in [1.807, 2.05) is 6.92 Å². The molecule has 0 radical (unpaired) electrons. The summed E-state index contributed by atoms with van der Waals surface area (Å²) in [4.78, 5) is 16.7. The van der Waals surface area contributed by atoms with E-state index >= 15 is 0 Å². The molecule has 0 bridgehead atoms. The Hall–Kier alpha value is -2.49. The van der Waals surface area contributed by atoms with Crippen molar-refractivity contribution < 1.29 is 18.3 Å². The average Bonchev–Trinajstić information content (AvgIpc) is 3.54. The lowest BCUT2D eigenvalue weighted by molar-refractivity contribution is -0.141. The molecule has 2 aliphatic rings. The van der Waals surface area contributed by atoms with Crippen LogP contribution in [0.3, 0.4) is 0 Å². The van der Waals surface area contributed by atoms with Crippen LogP contribution >= 0.6 is 0 Å². The highest BCUT2D eigenvalue weighted by Crippen LogP contribution is 2.34. The minimum Gasteiger partial charge on any atom is -0.391 e. The molecule has 10 heteroatoms. The normalized spacial score (nSPS) is 23.1. The molecule has 2 aromatic heterocycles. The predicted octanol–water partition coefficient (Wildman–Crippen LogP) is 3.88. The largest absolute Gasteiger partial charge is 0.433 e. The second kappa shape index (κ2) is 8.33. The van der Waals surface area contributed by atoms with Gasteiger partial charge in [-0.25, -0.2) is 4.98 Å². The molecule has 3 atom stereocenters. The molecular weight excluding hydrogens is 397 g/mol. The molecular formula is C20H25F3N6O. The van der Waals surface area contributed by atoms with Crippen LogP contribution in [0, 0.1) is 5.92 Å². The monoisotopic (exact) mass is 422 g/mol. The molecule has 30 heavy (non-hydrogen) atoms. The van der Waals surface area contributed by atoms with Crippen LogP contribution < -0.4 is 10.6 Å². The molecule has 2 fully saturated rings. The van der Waals surface area contributed by atoms with Gasteiger partial charge in [0.05, 0.1) is 12.1 Å². The maximum atomic E-state index is 13.1. The third-order valence-corrected chi connectivity index (χ3v) is 5.63. The molecule has 1 unspecified atom stereocenters. The smallest absolute Gasteiger partial charge is 0.391 e. The third-order valence-electron chi connectivity index (χ3n) is 5.63. The van der Waals surface area contributed by atoms with Gasteiger partial charge >= 0.3 is 6.18 Å². The molecule has 2 aromatic rings. The first-order chi connectivity index (χ1) is 14.3. The van der Waals surface area contributed by atoms with E-state index in [0.29, 0.717) is 12.3 Å². The Labute approximate surface area is 172 Å². The Bertz CT molecular complexity index is 889. The first kappa shape index (κ1) is 20.8. The number of aliphatic hydroxyl groups excluding tert-OH is 1. The lowest BCUT2D eigenvalue weighted by Gasteiger charge is -2.28. The highest BCUT2D eigenvalue weighted by atomic mass is 19.4. The summed E-state index contributed by atoms with van der Waals surface area (Å²) in [5.74, 6) is 1.09. The van der Waals surface area contributed by atoms with Gasteiger partial charge in [0.25, 0.3) is 0 Å². The van der Waals surface area contributed by atoms with Crippen molar-refractivity contribution in [3.63, 3.8) is 0 Å². The maximum absolute atomic E-state index is 13.1. The second-order valence-electron chi connectivity index (χ2n) is 8.09. The number of halogens is 3. The minimum absolute atomic E-state index is 0.0154. The topological polar surface area (TPSA) is 95.9 Å². The number of alkyl halides is 3. The zero-order valence-corrected chi connectivity index (χ0v) is 16.7. The summed E-state index contributed by atoms with van der Waals surface area (Å²) in [6.45, 7) is 2.03. The Morgan fingerprint density at radius 1 is 1.00 bits per heavy atom. The van der Waals surface area contributed by atoms with Gasteiger partial charge in [0.15, 0.2) is 5.82 Å². The highest BCUT2D eigenvalue weighted by Gasteiger charge is 2.33. The van der Waals surface area contributed by atoms with Crippen LogP contribution in [0.5, 0.6) is 0 Å². The van der Waals surface area contributed by atoms with E-state index in [2.05, 4.69) is 30.6 Å². The zero-order valence-electron chi connectivity index (χ0n) is 16.7. The number of nitrogens with one attached hydrogen (secondary N) is 2. The van der Waals surface area contributed by atoms with Crippen molar-refractivity contribution >= 4 is 11.9 Å². The minimum atomic E-state index is -4.56. The predicted molar refractivity (Wildman–Crippen MR) is 106 cm³/mol. The number of hydrogen-bond donors (Lipinski definition) is 3. The number of hydrogen-bond acceptors (Lipinski definition) is 7. The molecule has 7 nitrogen and oxygen atoms in total. The van der Waals surface area contributed by atoms with Crippen LogP contribution in [0.4, 0.5) is 25.1 Å². The number of rotatable bonds is 6. The number of aliphatic hydroxyl groups is 1. The van der Waals surface area contributed by atoms with E-state index in [0.717, 1.165) is 38.2 Å². The zero-order chi connectivity index (χ0) is 21.3. The van der Waals surface area contributed by atoms with Gasteiger partial charge in [-0.05, 0) is 50.7 Å². The van der Waals surface area contributed by atoms with E-state index in [1.165, 1.54) is 12.1 Å². The first-order valence-corrected chi connectivity index (χ1v) is 10.3. The molecule has 2 heterocycles. The maximum Gasteiger partial charge on any atom is 0.433 e. The first-order valence-electron chi connectivity index (χ1n) is 10.3. The molecule has 162 valence electrons. The third kappa shape index (κ3) is 4.97. The molecule has 2 saturated carbocycles. The summed E-state index contributed by atoms with van der Waals surface area (Å²) in [6, 6.07) is 3.57. The molecule has 2 aliphatic carbocycles. The Kier molecular flexibility index (Phi) is 5.77. The number of pyridine rings is 1. The van der Waals surface area contributed by atoms with Crippen molar-refractivity contribution in [1.82, 2.24) is 19.9 Å². The summed E-state index contributed by atoms with van der Waals surface area (Å²) in [5.41, 5.74) is -0.986. The molecule has 0 aromatic carbocycles. The van der Waals surface area contributed by atoms with Crippen LogP contribution in [-0.2, 0) is 6.18 Å². The van der Waals surface area contributed by atoms with Gasteiger partial charge in [-0.3, -0.25) is 0 Å². The van der Waals surface area contributed by atoms with Crippen LogP contribution in [0.25, 0.3) is 11.5 Å². The summed E-state index contributed by atoms with van der Waals surface area (Å²) < 4.78 is 39.3. The summed E-state index contributed by atoms with van der Waals surface area (Å²) >= 11 is 0. The van der Waals surface area contributed by atoms with Crippen LogP contribution in [0.1, 0.15) is 51.1 Å². The molecule has 4 rings (SSSR count). The van der Waals surface area contributed by atoms with Gasteiger partial charge in [-0.2, -0.15) is 28.1 Å². The fourth-order valence-electron chi connectivity index (χ4n) is 3.70. The molecule has 0 spiro atoms. The van der Waals surface area contributed by atoms with Crippen molar-refractivity contribution in [2.24, 2.45) is 5.92 Å². The van der Waals surface area contributed by atoms with E-state index in [4.69, 9.17) is 0 Å². The fraction of sp³-hybridized carbons (Fsp3) is 0.600. The van der Waals surface area contributed by atoms with Crippen LogP contribution in [0.15, 0.2) is 18.2 Å². The SMILES string of the molecule is CC(Nc1nc(N[C@H]2CCCC[C@@H]2O)nc(-c2cccc(C(F)(F)F)n2)n1)C1CC1. The van der Waals surface area contributed by atoms with Crippen molar-refractivity contribution in [2.45, 2.75) is 69.8 Å². The Morgan fingerprint density at radius 2 is 1.73 bits per heavy atom. The lowest BCUT2D eigenvalue weighted by atomic mass is 9.93. The van der Waals surface area contributed by atoms with Gasteiger partial charge in [0.1, 0.15) is 11.4 Å². The standard InChI is InChI=1S/C20H25F3N6O/c1-11(12-9-10-12)24-18-27-17(14-6-4-8-16(25-14)20(21,22)23)28-19(29-18)26-13-5-2-3-7-15(13)30/h4,6,8,11-13,15,30H,2-3,5,7,9-10H2,1H3,(H2,24,26,27,28,29)/t11?,13-,15-/m0/s1. The lowest BCUT2D eigenvalue weighted by Crippen LogP contribution is -2.37. The van der Waals surface area contributed by atoms with E-state index in [9.17, 15) is 18.3 Å². The molecule has 3 N–H and O–H groups in total. The van der Waals surface area contributed by atoms with Crippen LogP contribution in [0.2, 0.25) is 0 Å². The van der Waals surface area contributed by atoms with Gasteiger partial charge in [0, 0.05) is 6.04 Å². The Morgan fingerprint density at radius 3 is 2.43 bits per heavy atom. The van der Waals surface area contributed by atoms with E-state index in [-0.39, 0.29) is 35.5 Å². The van der Waals surface area contributed by atoms with Gasteiger partial charge in [-0.1, -0.05) is 18.9 Å². The van der Waals surface area contributed by atoms with E-state index in [1.54, 1.807) is 0 Å². The molecule has 0 amide bonds. The summed E-state index contributed by atoms with van der Waals surface area (Å²) in [7, 11) is 0. The van der Waals surface area contributed by atoms with Gasteiger partial charge in [-0.15, -0.1) is 0 Å². The average molecular weight is 422 g/mol. The van der Waals surface area contributed by atoms with E-state index < -0.39 is 18.0 Å². The van der Waals surface area contributed by atoms with Crippen LogP contribution in [-0.4, -0.2) is 43.2 Å². The fourth-order valence-corrected chi connectivity index (χ4v) is 3.70. The summed E-state index contributed by atoms with van der Waals surface area (Å²) in [5, 5.41) is 16.6. The summed E-state index contributed by atoms with van der Waals surface area (Å²) in [6.07, 6.45) is 0.569. The highest BCUT2D eigenvalue weighted by molar-refractivity contribution is 5.54. The Balaban J connectivity index is 1.66. The van der Waals surface area contributed by atoms with Crippen molar-refractivity contribution in [3.8, 4) is 11.5 Å². The molecule has 0 aliphatic heterocycles.